The van der Waals surface area contributed by atoms with Gasteiger partial charge in [-0.05, 0) is 30.3 Å². The summed E-state index contributed by atoms with van der Waals surface area (Å²) in [4.78, 5) is 12.2. The van der Waals surface area contributed by atoms with E-state index < -0.39 is 17.6 Å². The van der Waals surface area contributed by atoms with Gasteiger partial charge in [-0.3, -0.25) is 4.79 Å². The first kappa shape index (κ1) is 18.9. The lowest BCUT2D eigenvalue weighted by Gasteiger charge is -2.09. The summed E-state index contributed by atoms with van der Waals surface area (Å²) in [6.45, 7) is 0.0115. The Morgan fingerprint density at radius 3 is 2.48 bits per heavy atom. The van der Waals surface area contributed by atoms with Gasteiger partial charge in [-0.2, -0.15) is 17.7 Å². The Morgan fingerprint density at radius 2 is 1.72 bits per heavy atom. The number of nitrogens with zero attached hydrogens (tertiary/aromatic N) is 1. The van der Waals surface area contributed by atoms with E-state index in [0.717, 1.165) is 23.0 Å². The molecule has 130 valence electrons. The maximum atomic E-state index is 12.7. The zero-order chi connectivity index (χ0) is 17.2. The molecular weight excluding hydrogens is 397 g/mol. The molecule has 7 heteroatoms. The fourth-order valence-electron chi connectivity index (χ4n) is 2.49. The number of rotatable bonds is 3. The van der Waals surface area contributed by atoms with Crippen molar-refractivity contribution in [2.75, 3.05) is 5.32 Å². The Hall–Kier alpha value is -2.41. The number of carbonyl (C=O) groups excluding carboxylic acids is 1. The van der Waals surface area contributed by atoms with E-state index in [1.54, 1.807) is 10.8 Å². The number of hydrogen-bond acceptors (Lipinski definition) is 1. The molecule has 0 aliphatic carbocycles. The zero-order valence-corrected chi connectivity index (χ0v) is 14.5. The molecule has 0 atom stereocenters. The second-order valence-corrected chi connectivity index (χ2v) is 5.32. The number of hydrogen-bond donors (Lipinski definition) is 1. The molecule has 3 nitrogen and oxygen atoms in total. The molecule has 0 spiro atoms. The average Bonchev–Trinajstić information content (AvgIpc) is 2.54. The van der Waals surface area contributed by atoms with Crippen LogP contribution in [0.4, 0.5) is 18.9 Å². The van der Waals surface area contributed by atoms with Gasteiger partial charge in [-0.15, -0.1) is 0 Å². The molecule has 0 saturated carbocycles. The van der Waals surface area contributed by atoms with Gasteiger partial charge in [0, 0.05) is 23.2 Å². The number of nitrogens with one attached hydrogen (secondary N) is 1. The van der Waals surface area contributed by atoms with Crippen molar-refractivity contribution in [2.24, 2.45) is 0 Å². The van der Waals surface area contributed by atoms with Gasteiger partial charge in [0.1, 0.15) is 0 Å². The van der Waals surface area contributed by atoms with Crippen LogP contribution in [0.15, 0.2) is 66.9 Å². The molecule has 0 unspecified atom stereocenters. The molecule has 1 aromatic heterocycles. The summed E-state index contributed by atoms with van der Waals surface area (Å²) in [6.07, 6.45) is -2.68. The first-order chi connectivity index (χ1) is 11.4. The van der Waals surface area contributed by atoms with Crippen molar-refractivity contribution in [3.05, 3.63) is 72.4 Å². The monoisotopic (exact) mass is 410 g/mol. The highest BCUT2D eigenvalue weighted by molar-refractivity contribution is 5.90. The van der Waals surface area contributed by atoms with Gasteiger partial charge in [0.15, 0.2) is 6.20 Å². The van der Waals surface area contributed by atoms with Crippen LogP contribution < -0.4 is 26.9 Å². The molecule has 1 heterocycles. The van der Waals surface area contributed by atoms with E-state index in [4.69, 9.17) is 0 Å². The minimum Gasteiger partial charge on any atom is -1.00 e. The van der Waals surface area contributed by atoms with Gasteiger partial charge >= 0.3 is 6.18 Å². The number of aromatic nitrogens is 1. The van der Waals surface area contributed by atoms with Crippen LogP contribution in [-0.2, 0) is 17.5 Å². The zero-order valence-electron chi connectivity index (χ0n) is 12.9. The van der Waals surface area contributed by atoms with E-state index >= 15 is 0 Å². The van der Waals surface area contributed by atoms with Crippen LogP contribution in [0.5, 0.6) is 0 Å². The maximum Gasteiger partial charge on any atom is 0.416 e. The molecule has 3 rings (SSSR count). The number of para-hydroxylation sites is 1. The number of amides is 1. The third kappa shape index (κ3) is 4.57. The summed E-state index contributed by atoms with van der Waals surface area (Å²) >= 11 is 0. The summed E-state index contributed by atoms with van der Waals surface area (Å²) in [6, 6.07) is 15.9. The molecule has 0 aliphatic heterocycles. The van der Waals surface area contributed by atoms with Crippen molar-refractivity contribution in [3.8, 4) is 0 Å². The van der Waals surface area contributed by atoms with Crippen LogP contribution in [0.3, 0.4) is 0 Å². The van der Waals surface area contributed by atoms with Gasteiger partial charge in [0.25, 0.3) is 5.91 Å². The molecule has 1 amide bonds. The van der Waals surface area contributed by atoms with Crippen molar-refractivity contribution < 1.29 is 39.5 Å². The quantitative estimate of drug-likeness (QED) is 0.636. The van der Waals surface area contributed by atoms with Crippen molar-refractivity contribution >= 4 is 22.5 Å². The summed E-state index contributed by atoms with van der Waals surface area (Å²) in [7, 11) is 0. The molecule has 0 bridgehead atoms. The number of carbonyl (C=O) groups is 1. The average molecular weight is 411 g/mol. The normalized spacial score (nSPS) is 11.0. The first-order valence-corrected chi connectivity index (χ1v) is 7.28. The molecule has 3 aromatic rings. The van der Waals surface area contributed by atoms with Crippen molar-refractivity contribution in [1.82, 2.24) is 0 Å². The van der Waals surface area contributed by atoms with Gasteiger partial charge in [-0.25, -0.2) is 0 Å². The van der Waals surface area contributed by atoms with Crippen LogP contribution in [0.2, 0.25) is 0 Å². The number of pyridine rings is 1. The lowest BCUT2D eigenvalue weighted by atomic mass is 10.2. The molecular formula is C18H14BrF3N2O. The summed E-state index contributed by atoms with van der Waals surface area (Å²) < 4.78 is 39.9. The predicted molar refractivity (Wildman–Crippen MR) is 84.2 cm³/mol. The largest absolute Gasteiger partial charge is 1.00 e. The Morgan fingerprint density at radius 1 is 1.00 bits per heavy atom. The van der Waals surface area contributed by atoms with Gasteiger partial charge < -0.3 is 22.3 Å². The second-order valence-electron chi connectivity index (χ2n) is 5.32. The molecule has 0 saturated heterocycles. The van der Waals surface area contributed by atoms with Crippen molar-refractivity contribution in [1.29, 1.82) is 0 Å². The van der Waals surface area contributed by atoms with Crippen molar-refractivity contribution in [3.63, 3.8) is 0 Å². The molecule has 25 heavy (non-hydrogen) atoms. The van der Waals surface area contributed by atoms with E-state index in [0.29, 0.717) is 0 Å². The minimum absolute atomic E-state index is 0. The first-order valence-electron chi connectivity index (χ1n) is 7.28. The number of alkyl halides is 3. The Kier molecular flexibility index (Phi) is 5.79. The Balaban J connectivity index is 0.00000225. The summed E-state index contributed by atoms with van der Waals surface area (Å²) in [5, 5.41) is 3.49. The highest BCUT2D eigenvalue weighted by atomic mass is 79.9. The third-order valence-electron chi connectivity index (χ3n) is 3.58. The maximum absolute atomic E-state index is 12.7. The Bertz CT molecular complexity index is 891. The molecule has 1 N–H and O–H groups in total. The fourth-order valence-corrected chi connectivity index (χ4v) is 2.49. The number of fused-ring (bicyclic) bond motifs is 1. The number of anilines is 1. The van der Waals surface area contributed by atoms with Crippen LogP contribution in [0, 0.1) is 0 Å². The smallest absolute Gasteiger partial charge is 0.416 e. The third-order valence-corrected chi connectivity index (χ3v) is 3.58. The minimum atomic E-state index is -4.44. The van der Waals surface area contributed by atoms with E-state index in [1.807, 2.05) is 36.4 Å². The van der Waals surface area contributed by atoms with Crippen LogP contribution in [0.25, 0.3) is 10.9 Å². The van der Waals surface area contributed by atoms with Crippen LogP contribution >= 0.6 is 0 Å². The number of benzene rings is 2. The van der Waals surface area contributed by atoms with Gasteiger partial charge in [0.05, 0.1) is 5.56 Å². The molecule has 2 aromatic carbocycles. The summed E-state index contributed by atoms with van der Waals surface area (Å²) in [5.41, 5.74) is 0.202. The van der Waals surface area contributed by atoms with Gasteiger partial charge in [0.2, 0.25) is 12.1 Å². The molecule has 0 fully saturated rings. The highest BCUT2D eigenvalue weighted by Gasteiger charge is 2.30. The van der Waals surface area contributed by atoms with Gasteiger partial charge in [-0.1, -0.05) is 18.2 Å². The van der Waals surface area contributed by atoms with Crippen LogP contribution in [0.1, 0.15) is 5.56 Å². The Labute approximate surface area is 152 Å². The van der Waals surface area contributed by atoms with Crippen molar-refractivity contribution in [2.45, 2.75) is 12.7 Å². The second kappa shape index (κ2) is 7.65. The SMILES string of the molecule is O=C(C[n+]1cccc2ccccc21)Nc1cccc(C(F)(F)F)c1.[Br-]. The fraction of sp³-hybridized carbons (Fsp3) is 0.111. The predicted octanol–water partition coefficient (Wildman–Crippen LogP) is 0.789. The topological polar surface area (TPSA) is 33.0 Å². The molecule has 0 radical (unpaired) electrons. The molecule has 0 aliphatic rings. The number of halogens is 4. The van der Waals surface area contributed by atoms with E-state index in [2.05, 4.69) is 5.32 Å². The highest BCUT2D eigenvalue weighted by Crippen LogP contribution is 2.30. The van der Waals surface area contributed by atoms with E-state index in [1.165, 1.54) is 12.1 Å². The lowest BCUT2D eigenvalue weighted by Crippen LogP contribution is -3.00. The summed E-state index contributed by atoms with van der Waals surface area (Å²) in [5.74, 6) is -0.393. The van der Waals surface area contributed by atoms with Crippen LogP contribution in [-0.4, -0.2) is 5.91 Å². The van der Waals surface area contributed by atoms with E-state index in [9.17, 15) is 18.0 Å². The van der Waals surface area contributed by atoms with E-state index in [-0.39, 0.29) is 29.2 Å². The lowest BCUT2D eigenvalue weighted by molar-refractivity contribution is -0.658. The standard InChI is InChI=1S/C18H13F3N2O.BrH/c19-18(20,21)14-7-3-8-15(11-14)22-17(24)12-23-10-4-6-13-5-1-2-9-16(13)23;/h1-11H,12H2;1H.